The van der Waals surface area contributed by atoms with Crippen LogP contribution in [0.4, 0.5) is 26.3 Å². The van der Waals surface area contributed by atoms with Crippen molar-refractivity contribution in [2.75, 3.05) is 5.75 Å². The molecule has 2 aromatic rings. The molecule has 0 heterocycles. The van der Waals surface area contributed by atoms with Gasteiger partial charge in [-0.25, -0.2) is 13.2 Å². The van der Waals surface area contributed by atoms with E-state index in [4.69, 9.17) is 0 Å². The van der Waals surface area contributed by atoms with Gasteiger partial charge in [-0.2, -0.15) is 26.3 Å². The molecule has 0 saturated carbocycles. The summed E-state index contributed by atoms with van der Waals surface area (Å²) < 4.78 is 115. The van der Waals surface area contributed by atoms with Crippen molar-refractivity contribution in [2.45, 2.75) is 18.0 Å². The summed E-state index contributed by atoms with van der Waals surface area (Å²) in [5.74, 6) is -5.15. The third-order valence-corrected chi connectivity index (χ3v) is 4.66. The Hall–Kier alpha value is -2.60. The highest BCUT2D eigenvalue weighted by Gasteiger charge is 2.75. The Morgan fingerprint density at radius 1 is 1.00 bits per heavy atom. The number of esters is 1. The summed E-state index contributed by atoms with van der Waals surface area (Å²) in [4.78, 5) is 12.1. The number of hydrogen-bond donors (Lipinski definition) is 0. The van der Waals surface area contributed by atoms with Gasteiger partial charge in [0.25, 0.3) is 0 Å². The first kappa shape index (κ1) is 22.7. The number of carbonyl (C=O) groups excluding carboxylic acids is 1. The molecular weight excluding hydrogens is 430 g/mol. The van der Waals surface area contributed by atoms with Crippen molar-refractivity contribution >= 4 is 32.9 Å². The van der Waals surface area contributed by atoms with E-state index in [1.165, 1.54) is 24.3 Å². The Morgan fingerprint density at radius 3 is 2.00 bits per heavy atom. The molecule has 0 unspecified atom stereocenters. The van der Waals surface area contributed by atoms with Gasteiger partial charge in [-0.15, -0.1) is 0 Å². The zero-order chi connectivity index (χ0) is 22.3. The molecule has 158 valence electrons. The summed E-state index contributed by atoms with van der Waals surface area (Å²) in [5, 5.41) is 0.783. The van der Waals surface area contributed by atoms with Crippen LogP contribution in [0.5, 0.6) is 0 Å². The topological polar surface area (TPSA) is 83.5 Å². The predicted molar refractivity (Wildman–Crippen MR) is 88.9 cm³/mol. The van der Waals surface area contributed by atoms with Crippen LogP contribution in [-0.4, -0.2) is 42.6 Å². The van der Waals surface area contributed by atoms with Gasteiger partial charge in [-0.3, -0.25) is 0 Å². The molecule has 0 spiro atoms. The average Bonchev–Trinajstić information content (AvgIpc) is 2.56. The molecule has 0 fully saturated rings. The Labute approximate surface area is 160 Å². The second-order valence-corrected chi connectivity index (χ2v) is 7.34. The maximum absolute atomic E-state index is 13.2. The fraction of sp³-hybridized carbons (Fsp3) is 0.235. The third kappa shape index (κ3) is 4.70. The molecule has 0 aliphatic rings. The molecule has 0 bridgehead atoms. The van der Waals surface area contributed by atoms with E-state index in [1.807, 2.05) is 0 Å². The van der Waals surface area contributed by atoms with Crippen molar-refractivity contribution in [3.8, 4) is 0 Å². The second-order valence-electron chi connectivity index (χ2n) is 5.94. The molecule has 2 rings (SSSR count). The van der Waals surface area contributed by atoms with E-state index < -0.39 is 45.4 Å². The highest BCUT2D eigenvalue weighted by molar-refractivity contribution is 7.85. The van der Waals surface area contributed by atoms with Gasteiger partial charge in [-0.05, 0) is 34.5 Å². The van der Waals surface area contributed by atoms with Crippen molar-refractivity contribution in [1.82, 2.24) is 0 Å². The lowest BCUT2D eigenvalue weighted by atomic mass is 10.0. The van der Waals surface area contributed by atoms with E-state index in [2.05, 4.69) is 11.3 Å². The molecule has 5 nitrogen and oxygen atoms in total. The van der Waals surface area contributed by atoms with E-state index in [1.54, 1.807) is 6.07 Å². The van der Waals surface area contributed by atoms with Crippen molar-refractivity contribution in [2.24, 2.45) is 0 Å². The molecule has 0 saturated heterocycles. The van der Waals surface area contributed by atoms with E-state index in [0.29, 0.717) is 10.9 Å². The largest absolute Gasteiger partial charge is 0.748 e. The van der Waals surface area contributed by atoms with Crippen LogP contribution in [0.1, 0.15) is 15.9 Å². The number of benzene rings is 2. The number of carbonyl (C=O) groups is 1. The predicted octanol–water partition coefficient (Wildman–Crippen LogP) is 4.05. The first-order valence-corrected chi connectivity index (χ1v) is 9.14. The van der Waals surface area contributed by atoms with Gasteiger partial charge in [-0.1, -0.05) is 30.9 Å². The Kier molecular flexibility index (Phi) is 5.74. The average molecular weight is 441 g/mol. The first-order valence-electron chi connectivity index (χ1n) is 7.56. The summed E-state index contributed by atoms with van der Waals surface area (Å²) in [6.07, 6.45) is -11.4. The third-order valence-electron chi connectivity index (χ3n) is 3.90. The molecule has 29 heavy (non-hydrogen) atoms. The van der Waals surface area contributed by atoms with Gasteiger partial charge < -0.3 is 9.29 Å². The van der Waals surface area contributed by atoms with E-state index in [9.17, 15) is 44.1 Å². The smallest absolute Gasteiger partial charge is 0.438 e. The van der Waals surface area contributed by atoms with Gasteiger partial charge in [0, 0.05) is 0 Å². The van der Waals surface area contributed by atoms with Gasteiger partial charge >= 0.3 is 23.9 Å². The number of rotatable bonds is 5. The lowest BCUT2D eigenvalue weighted by molar-refractivity contribution is -0.356. The Morgan fingerprint density at radius 2 is 1.52 bits per heavy atom. The van der Waals surface area contributed by atoms with Crippen LogP contribution in [0.15, 0.2) is 43.0 Å². The molecule has 0 aromatic heterocycles. The zero-order valence-electron chi connectivity index (χ0n) is 14.2. The molecule has 2 aromatic carbocycles. The maximum Gasteiger partial charge on any atom is 0.438 e. The van der Waals surface area contributed by atoms with Crippen LogP contribution < -0.4 is 0 Å². The van der Waals surface area contributed by atoms with Gasteiger partial charge in [0.15, 0.2) is 0 Å². The minimum absolute atomic E-state index is 0.283. The highest BCUT2D eigenvalue weighted by atomic mass is 32.2. The van der Waals surface area contributed by atoms with Crippen molar-refractivity contribution in [3.05, 3.63) is 54.1 Å². The van der Waals surface area contributed by atoms with Crippen LogP contribution in [-0.2, 0) is 14.9 Å². The van der Waals surface area contributed by atoms with E-state index in [0.717, 1.165) is 12.1 Å². The molecule has 0 aliphatic carbocycles. The minimum Gasteiger partial charge on any atom is -0.748 e. The SMILES string of the molecule is C=Cc1ccc2cc(C(=O)OC(CS(=O)(=O)[O-])(C(F)(F)F)C(F)(F)F)ccc2c1. The molecule has 0 radical (unpaired) electrons. The van der Waals surface area contributed by atoms with E-state index >= 15 is 0 Å². The quantitative estimate of drug-likeness (QED) is 0.397. The van der Waals surface area contributed by atoms with Crippen molar-refractivity contribution in [1.29, 1.82) is 0 Å². The standard InChI is InChI=1S/C17H12F6O5S/c1-2-10-3-4-12-8-13(6-5-11(12)7-10)14(24)28-15(16(18,19)20,17(21,22)23)9-29(25,26)27/h2-8H,1,9H2,(H,25,26,27)/p-1. The van der Waals surface area contributed by atoms with Crippen LogP contribution in [0, 0.1) is 0 Å². The minimum atomic E-state index is -6.42. The first-order chi connectivity index (χ1) is 13.1. The Bertz CT molecular complexity index is 1040. The van der Waals surface area contributed by atoms with Crippen LogP contribution in [0.25, 0.3) is 16.8 Å². The van der Waals surface area contributed by atoms with Crippen molar-refractivity contribution < 1.29 is 48.8 Å². The highest BCUT2D eigenvalue weighted by Crippen LogP contribution is 2.47. The summed E-state index contributed by atoms with van der Waals surface area (Å²) in [6, 6.07) is 7.67. The van der Waals surface area contributed by atoms with Gasteiger partial charge in [0.05, 0.1) is 21.4 Å². The summed E-state index contributed by atoms with van der Waals surface area (Å²) in [7, 11) is -6.09. The fourth-order valence-electron chi connectivity index (χ4n) is 2.45. The lowest BCUT2D eigenvalue weighted by Gasteiger charge is -2.36. The normalized spacial score (nSPS) is 13.3. The number of hydrogen-bond acceptors (Lipinski definition) is 5. The second kappa shape index (κ2) is 7.34. The summed E-state index contributed by atoms with van der Waals surface area (Å²) >= 11 is 0. The fourth-order valence-corrected chi connectivity index (χ4v) is 3.34. The summed E-state index contributed by atoms with van der Waals surface area (Å²) in [5.41, 5.74) is -5.55. The number of fused-ring (bicyclic) bond motifs is 1. The zero-order valence-corrected chi connectivity index (χ0v) is 15.0. The Balaban J connectivity index is 2.54. The van der Waals surface area contributed by atoms with Crippen LogP contribution in [0.2, 0.25) is 0 Å². The lowest BCUT2D eigenvalue weighted by Crippen LogP contribution is -2.63. The van der Waals surface area contributed by atoms with Gasteiger partial charge in [0.1, 0.15) is 0 Å². The molecular formula is C17H11F6O5S-. The van der Waals surface area contributed by atoms with Gasteiger partial charge in [0.2, 0.25) is 0 Å². The maximum atomic E-state index is 13.2. The number of alkyl halides is 6. The van der Waals surface area contributed by atoms with Crippen LogP contribution >= 0.6 is 0 Å². The number of halogens is 6. The molecule has 0 N–H and O–H groups in total. The number of ether oxygens (including phenoxy) is 1. The van der Waals surface area contributed by atoms with Crippen LogP contribution in [0.3, 0.4) is 0 Å². The van der Waals surface area contributed by atoms with E-state index in [-0.39, 0.29) is 5.39 Å². The molecule has 0 atom stereocenters. The van der Waals surface area contributed by atoms with Crippen molar-refractivity contribution in [3.63, 3.8) is 0 Å². The summed E-state index contributed by atoms with van der Waals surface area (Å²) in [6.45, 7) is 3.54. The molecule has 12 heteroatoms. The molecule has 0 aliphatic heterocycles. The monoisotopic (exact) mass is 441 g/mol. The molecule has 0 amide bonds.